The van der Waals surface area contributed by atoms with Crippen LogP contribution in [0.3, 0.4) is 0 Å². The summed E-state index contributed by atoms with van der Waals surface area (Å²) < 4.78 is 0. The van der Waals surface area contributed by atoms with Crippen molar-refractivity contribution in [2.24, 2.45) is 0 Å². The van der Waals surface area contributed by atoms with Crippen LogP contribution in [0.5, 0.6) is 0 Å². The fourth-order valence-corrected chi connectivity index (χ4v) is 0.124. The summed E-state index contributed by atoms with van der Waals surface area (Å²) in [5.41, 5.74) is 0. The smallest absolute Gasteiger partial charge is 0.310 e. The van der Waals surface area contributed by atoms with Crippen LogP contribution in [0.1, 0.15) is 0 Å². The van der Waals surface area contributed by atoms with Crippen molar-refractivity contribution in [3.8, 4) is 0 Å². The molecule has 0 unspecified atom stereocenters. The molecule has 0 aliphatic carbocycles. The molecule has 0 spiro atoms. The van der Waals surface area contributed by atoms with Gasteiger partial charge in [-0.2, -0.15) is 0 Å². The van der Waals surface area contributed by atoms with E-state index in [4.69, 9.17) is 0 Å². The average Bonchev–Trinajstić information content (AvgIpc) is 1.61. The fourth-order valence-electron chi connectivity index (χ4n) is 0.124. The summed E-state index contributed by atoms with van der Waals surface area (Å²) in [6.07, 6.45) is 1.51. The number of carbonyl (C=O) groups excluding carboxylic acids is 1. The molecule has 1 amide bonds. The minimum Gasteiger partial charge on any atom is -0.335 e. The normalized spacial score (nSPS) is 7.50. The molecular formula is C3H7N2O. The summed E-state index contributed by atoms with van der Waals surface area (Å²) in [7, 11) is 1.74. The van der Waals surface area contributed by atoms with Crippen LogP contribution in [-0.2, 0) is 4.79 Å². The van der Waals surface area contributed by atoms with Gasteiger partial charge in [-0.3, -0.25) is 4.79 Å². The van der Waals surface area contributed by atoms with Crippen LogP contribution in [0.4, 0.5) is 0 Å². The Hall–Kier alpha value is -0.570. The second-order valence-corrected chi connectivity index (χ2v) is 0.809. The molecule has 35 valence electrons. The molecule has 0 rings (SSSR count). The monoisotopic (exact) mass is 87.1 g/mol. The van der Waals surface area contributed by atoms with E-state index >= 15 is 0 Å². The van der Waals surface area contributed by atoms with Crippen LogP contribution in [0, 0.1) is 0 Å². The lowest BCUT2D eigenvalue weighted by Crippen LogP contribution is -2.23. The molecule has 0 aliphatic rings. The summed E-state index contributed by atoms with van der Waals surface area (Å²) in [6, 6.07) is 0. The van der Waals surface area contributed by atoms with E-state index in [9.17, 15) is 4.79 Å². The van der Waals surface area contributed by atoms with Crippen molar-refractivity contribution in [2.75, 3.05) is 13.7 Å². The Labute approximate surface area is 36.7 Å². The zero-order valence-electron chi connectivity index (χ0n) is 3.62. The highest BCUT2D eigenvalue weighted by Gasteiger charge is 1.68. The lowest BCUT2D eigenvalue weighted by Gasteiger charge is -1.88. The lowest BCUT2D eigenvalue weighted by atomic mass is 11.0. The predicted octanol–water partition coefficient (Wildman–Crippen LogP) is -1.18. The molecule has 3 heteroatoms. The number of rotatable bonds is 3. The van der Waals surface area contributed by atoms with Gasteiger partial charge >= 0.3 is 6.41 Å². The van der Waals surface area contributed by atoms with Crippen LogP contribution in [0.2, 0.25) is 0 Å². The van der Waals surface area contributed by atoms with Crippen molar-refractivity contribution in [3.05, 3.63) is 0 Å². The number of nitrogens with one attached hydrogen (secondary N) is 2. The van der Waals surface area contributed by atoms with Gasteiger partial charge in [-0.25, -0.2) is 0 Å². The SMILES string of the molecule is CNCN[C]=O. The van der Waals surface area contributed by atoms with Crippen LogP contribution < -0.4 is 10.6 Å². The van der Waals surface area contributed by atoms with Gasteiger partial charge in [0.25, 0.3) is 0 Å². The maximum Gasteiger partial charge on any atom is 0.310 e. The first-order chi connectivity index (χ1) is 2.91. The summed E-state index contributed by atoms with van der Waals surface area (Å²) in [5.74, 6) is 0. The Morgan fingerprint density at radius 2 is 2.50 bits per heavy atom. The molecule has 0 saturated heterocycles. The Bertz CT molecular complexity index is 37.8. The van der Waals surface area contributed by atoms with Gasteiger partial charge in [0.15, 0.2) is 0 Å². The minimum atomic E-state index is 0.490. The topological polar surface area (TPSA) is 41.1 Å². The molecule has 6 heavy (non-hydrogen) atoms. The standard InChI is InChI=1S/C3H7N2O/c1-4-2-5-3-6/h4H,2H2,1H3,(H,5,6). The van der Waals surface area contributed by atoms with Crippen molar-refractivity contribution < 1.29 is 4.79 Å². The van der Waals surface area contributed by atoms with E-state index in [2.05, 4.69) is 10.6 Å². The average molecular weight is 87.1 g/mol. The maximum absolute atomic E-state index is 9.29. The van der Waals surface area contributed by atoms with Gasteiger partial charge in [-0.15, -0.1) is 0 Å². The van der Waals surface area contributed by atoms with E-state index in [-0.39, 0.29) is 0 Å². The lowest BCUT2D eigenvalue weighted by molar-refractivity contribution is 0.538. The first-order valence-corrected chi connectivity index (χ1v) is 1.66. The molecule has 0 aromatic rings. The van der Waals surface area contributed by atoms with Crippen molar-refractivity contribution in [1.82, 2.24) is 10.6 Å². The molecular weight excluding hydrogens is 80.0 g/mol. The van der Waals surface area contributed by atoms with E-state index in [1.807, 2.05) is 0 Å². The number of hydrogen-bond acceptors (Lipinski definition) is 2. The summed E-state index contributed by atoms with van der Waals surface area (Å²) in [6.45, 7) is 0.490. The zero-order chi connectivity index (χ0) is 4.83. The Kier molecular flexibility index (Phi) is 4.01. The molecule has 0 aromatic heterocycles. The van der Waals surface area contributed by atoms with Crippen molar-refractivity contribution in [1.29, 1.82) is 0 Å². The van der Waals surface area contributed by atoms with Gasteiger partial charge < -0.3 is 10.6 Å². The molecule has 0 aromatic carbocycles. The van der Waals surface area contributed by atoms with E-state index in [1.165, 1.54) is 6.41 Å². The highest BCUT2D eigenvalue weighted by molar-refractivity contribution is 5.46. The van der Waals surface area contributed by atoms with Crippen LogP contribution in [0.25, 0.3) is 0 Å². The van der Waals surface area contributed by atoms with Crippen LogP contribution in [0.15, 0.2) is 0 Å². The third-order valence-electron chi connectivity index (χ3n) is 0.337. The van der Waals surface area contributed by atoms with Crippen molar-refractivity contribution in [3.63, 3.8) is 0 Å². The second kappa shape index (κ2) is 4.43. The van der Waals surface area contributed by atoms with Gasteiger partial charge in [-0.05, 0) is 7.05 Å². The Morgan fingerprint density at radius 3 is 2.67 bits per heavy atom. The summed E-state index contributed by atoms with van der Waals surface area (Å²) >= 11 is 0. The summed E-state index contributed by atoms with van der Waals surface area (Å²) in [5, 5.41) is 4.98. The Morgan fingerprint density at radius 1 is 1.83 bits per heavy atom. The summed E-state index contributed by atoms with van der Waals surface area (Å²) in [4.78, 5) is 9.29. The third kappa shape index (κ3) is 3.43. The first-order valence-electron chi connectivity index (χ1n) is 1.66. The van der Waals surface area contributed by atoms with Crippen LogP contribution >= 0.6 is 0 Å². The Balaban J connectivity index is 2.49. The van der Waals surface area contributed by atoms with E-state index in [0.717, 1.165) is 0 Å². The minimum absolute atomic E-state index is 0.490. The third-order valence-corrected chi connectivity index (χ3v) is 0.337. The molecule has 0 atom stereocenters. The molecule has 0 fully saturated rings. The molecule has 0 bridgehead atoms. The molecule has 0 aliphatic heterocycles. The van der Waals surface area contributed by atoms with E-state index < -0.39 is 0 Å². The fraction of sp³-hybridized carbons (Fsp3) is 0.667. The van der Waals surface area contributed by atoms with Gasteiger partial charge in [0.1, 0.15) is 0 Å². The van der Waals surface area contributed by atoms with Gasteiger partial charge in [-0.1, -0.05) is 0 Å². The highest BCUT2D eigenvalue weighted by Crippen LogP contribution is 1.33. The van der Waals surface area contributed by atoms with Gasteiger partial charge in [0.2, 0.25) is 0 Å². The van der Waals surface area contributed by atoms with E-state index in [1.54, 1.807) is 7.05 Å². The predicted molar refractivity (Wildman–Crippen MR) is 22.8 cm³/mol. The number of hydrogen-bond donors (Lipinski definition) is 2. The van der Waals surface area contributed by atoms with Crippen molar-refractivity contribution in [2.45, 2.75) is 0 Å². The van der Waals surface area contributed by atoms with E-state index in [0.29, 0.717) is 6.67 Å². The highest BCUT2D eigenvalue weighted by atomic mass is 16.1. The number of amides is 1. The molecule has 1 radical (unpaired) electrons. The molecule has 2 N–H and O–H groups in total. The second-order valence-electron chi connectivity index (χ2n) is 0.809. The zero-order valence-corrected chi connectivity index (χ0v) is 3.62. The molecule has 0 saturated carbocycles. The first kappa shape index (κ1) is 5.43. The quantitative estimate of drug-likeness (QED) is 0.258. The van der Waals surface area contributed by atoms with Gasteiger partial charge in [0, 0.05) is 0 Å². The molecule has 3 nitrogen and oxygen atoms in total. The van der Waals surface area contributed by atoms with Gasteiger partial charge in [0.05, 0.1) is 6.67 Å². The maximum atomic E-state index is 9.29. The van der Waals surface area contributed by atoms with Crippen LogP contribution in [-0.4, -0.2) is 20.1 Å². The largest absolute Gasteiger partial charge is 0.335 e. The van der Waals surface area contributed by atoms with Crippen molar-refractivity contribution >= 4 is 6.41 Å². The molecule has 0 heterocycles.